The van der Waals surface area contributed by atoms with Gasteiger partial charge in [0, 0.05) is 24.2 Å². The number of likely N-dealkylation sites (tertiary alicyclic amines) is 1. The Labute approximate surface area is 127 Å². The van der Waals surface area contributed by atoms with E-state index in [2.05, 4.69) is 4.98 Å². The molecule has 1 aliphatic heterocycles. The van der Waals surface area contributed by atoms with Crippen molar-refractivity contribution in [3.63, 3.8) is 0 Å². The smallest absolute Gasteiger partial charge is 0.328 e. The lowest BCUT2D eigenvalue weighted by atomic mass is 9.88. The summed E-state index contributed by atoms with van der Waals surface area (Å²) in [6, 6.07) is 0. The summed E-state index contributed by atoms with van der Waals surface area (Å²) in [5.41, 5.74) is -1.43. The van der Waals surface area contributed by atoms with Crippen LogP contribution in [0.5, 0.6) is 0 Å². The lowest BCUT2D eigenvalue weighted by Gasteiger charge is -2.26. The van der Waals surface area contributed by atoms with E-state index in [1.165, 1.54) is 10.8 Å². The number of hydrogen-bond donors (Lipinski definition) is 2. The van der Waals surface area contributed by atoms with Crippen LogP contribution in [-0.4, -0.2) is 44.2 Å². The number of aliphatic hydroxyl groups is 1. The molecule has 1 saturated heterocycles. The van der Waals surface area contributed by atoms with Crippen LogP contribution in [-0.2, 0) is 11.3 Å². The van der Waals surface area contributed by atoms with Gasteiger partial charge in [-0.25, -0.2) is 4.79 Å². The van der Waals surface area contributed by atoms with E-state index in [0.29, 0.717) is 24.6 Å². The number of β-amino-alcohol motifs (C(OH)–C–C–N with tert-alkyl or cyclic N) is 1. The monoisotopic (exact) mass is 307 g/mol. The third kappa shape index (κ3) is 2.49. The topological polar surface area (TPSA) is 95.4 Å². The van der Waals surface area contributed by atoms with E-state index in [0.717, 1.165) is 12.8 Å². The summed E-state index contributed by atoms with van der Waals surface area (Å²) in [6.45, 7) is 4.26. The number of aromatic amines is 1. The van der Waals surface area contributed by atoms with Gasteiger partial charge in [-0.2, -0.15) is 0 Å². The van der Waals surface area contributed by atoms with E-state index >= 15 is 0 Å². The maximum atomic E-state index is 12.4. The van der Waals surface area contributed by atoms with E-state index in [4.69, 9.17) is 0 Å². The van der Waals surface area contributed by atoms with E-state index < -0.39 is 16.9 Å². The first-order valence-electron chi connectivity index (χ1n) is 7.62. The standard InChI is InChI=1S/C15H21N3O4/c1-9-5-17(14(21)16-13(9)20)7-12(19)18-6-10(2)15(22,8-18)11-3-4-11/h5,10-11,22H,3-4,6-8H2,1-2H3,(H,16,20,21). The SMILES string of the molecule is Cc1cn(CC(=O)N2CC(C)C(O)(C3CC3)C2)c(=O)[nH]c1=O. The molecule has 7 heteroatoms. The van der Waals surface area contributed by atoms with Crippen molar-refractivity contribution in [1.29, 1.82) is 0 Å². The molecule has 2 unspecified atom stereocenters. The van der Waals surface area contributed by atoms with Crippen molar-refractivity contribution in [3.8, 4) is 0 Å². The van der Waals surface area contributed by atoms with Gasteiger partial charge in [-0.3, -0.25) is 19.1 Å². The minimum absolute atomic E-state index is 0.0398. The van der Waals surface area contributed by atoms with Crippen LogP contribution in [0.2, 0.25) is 0 Å². The van der Waals surface area contributed by atoms with Crippen LogP contribution in [0.3, 0.4) is 0 Å². The van der Waals surface area contributed by atoms with Crippen LogP contribution < -0.4 is 11.2 Å². The summed E-state index contributed by atoms with van der Waals surface area (Å²) in [6.07, 6.45) is 3.43. The minimum Gasteiger partial charge on any atom is -0.387 e. The molecular weight excluding hydrogens is 286 g/mol. The first-order valence-corrected chi connectivity index (χ1v) is 7.62. The van der Waals surface area contributed by atoms with E-state index in [9.17, 15) is 19.5 Å². The first-order chi connectivity index (χ1) is 10.3. The Balaban J connectivity index is 1.75. The zero-order valence-electron chi connectivity index (χ0n) is 12.8. The third-order valence-electron chi connectivity index (χ3n) is 4.92. The van der Waals surface area contributed by atoms with Gasteiger partial charge >= 0.3 is 5.69 Å². The molecule has 120 valence electrons. The van der Waals surface area contributed by atoms with Crippen molar-refractivity contribution < 1.29 is 9.90 Å². The summed E-state index contributed by atoms with van der Waals surface area (Å²) in [4.78, 5) is 39.3. The third-order valence-corrected chi connectivity index (χ3v) is 4.92. The molecule has 1 amide bonds. The van der Waals surface area contributed by atoms with E-state index in [1.54, 1.807) is 11.8 Å². The average Bonchev–Trinajstić information content (AvgIpc) is 3.24. The Morgan fingerprint density at radius 3 is 2.77 bits per heavy atom. The molecule has 2 heterocycles. The number of H-pyrrole nitrogens is 1. The maximum Gasteiger partial charge on any atom is 0.328 e. The highest BCUT2D eigenvalue weighted by Gasteiger charge is 2.53. The lowest BCUT2D eigenvalue weighted by Crippen LogP contribution is -2.42. The maximum absolute atomic E-state index is 12.4. The summed E-state index contributed by atoms with van der Waals surface area (Å²) in [5.74, 6) is 0.119. The molecule has 0 bridgehead atoms. The van der Waals surface area contributed by atoms with Crippen molar-refractivity contribution in [3.05, 3.63) is 32.6 Å². The second-order valence-corrected chi connectivity index (χ2v) is 6.64. The van der Waals surface area contributed by atoms with E-state index in [1.807, 2.05) is 6.92 Å². The highest BCUT2D eigenvalue weighted by atomic mass is 16.3. The molecule has 2 fully saturated rings. The predicted octanol–water partition coefficient (Wildman–Crippen LogP) is -0.536. The number of nitrogens with one attached hydrogen (secondary N) is 1. The lowest BCUT2D eigenvalue weighted by molar-refractivity contribution is -0.132. The van der Waals surface area contributed by atoms with Crippen molar-refractivity contribution in [2.24, 2.45) is 11.8 Å². The molecule has 22 heavy (non-hydrogen) atoms. The van der Waals surface area contributed by atoms with Gasteiger partial charge in [-0.1, -0.05) is 6.92 Å². The van der Waals surface area contributed by atoms with Crippen molar-refractivity contribution >= 4 is 5.91 Å². The molecule has 1 saturated carbocycles. The molecule has 7 nitrogen and oxygen atoms in total. The molecule has 0 radical (unpaired) electrons. The number of aromatic nitrogens is 2. The first kappa shape index (κ1) is 15.0. The molecule has 3 rings (SSSR count). The van der Waals surface area contributed by atoms with Crippen LogP contribution in [0.25, 0.3) is 0 Å². The van der Waals surface area contributed by atoms with Gasteiger partial charge in [0.2, 0.25) is 5.91 Å². The van der Waals surface area contributed by atoms with Crippen LogP contribution in [0.4, 0.5) is 0 Å². The molecule has 2 aliphatic rings. The Kier molecular flexibility index (Phi) is 3.47. The quantitative estimate of drug-likeness (QED) is 0.784. The number of hydrogen-bond acceptors (Lipinski definition) is 4. The Morgan fingerprint density at radius 1 is 1.45 bits per heavy atom. The molecule has 1 aliphatic carbocycles. The molecule has 0 aromatic carbocycles. The molecule has 2 N–H and O–H groups in total. The zero-order chi connectivity index (χ0) is 16.1. The fourth-order valence-corrected chi connectivity index (χ4v) is 3.30. The van der Waals surface area contributed by atoms with Crippen molar-refractivity contribution in [1.82, 2.24) is 14.5 Å². The van der Waals surface area contributed by atoms with Crippen LogP contribution in [0.15, 0.2) is 15.8 Å². The van der Waals surface area contributed by atoms with Crippen LogP contribution in [0, 0.1) is 18.8 Å². The summed E-state index contributed by atoms with van der Waals surface area (Å²) in [5, 5.41) is 10.7. The van der Waals surface area contributed by atoms with Gasteiger partial charge in [0.25, 0.3) is 5.56 Å². The molecular formula is C15H21N3O4. The largest absolute Gasteiger partial charge is 0.387 e. The van der Waals surface area contributed by atoms with Crippen molar-refractivity contribution in [2.75, 3.05) is 13.1 Å². The normalized spacial score (nSPS) is 28.1. The number of amides is 1. The number of aryl methyl sites for hydroxylation is 1. The Morgan fingerprint density at radius 2 is 2.14 bits per heavy atom. The average molecular weight is 307 g/mol. The van der Waals surface area contributed by atoms with Gasteiger partial charge in [-0.05, 0) is 25.7 Å². The fourth-order valence-electron chi connectivity index (χ4n) is 3.30. The van der Waals surface area contributed by atoms with Gasteiger partial charge in [0.1, 0.15) is 6.54 Å². The van der Waals surface area contributed by atoms with Gasteiger partial charge in [0.15, 0.2) is 0 Å². The molecule has 0 spiro atoms. The Bertz CT molecular complexity index is 718. The predicted molar refractivity (Wildman–Crippen MR) is 79.5 cm³/mol. The van der Waals surface area contributed by atoms with Gasteiger partial charge in [-0.15, -0.1) is 0 Å². The molecule has 1 aromatic rings. The zero-order valence-corrected chi connectivity index (χ0v) is 12.8. The highest BCUT2D eigenvalue weighted by molar-refractivity contribution is 5.76. The fraction of sp³-hybridized carbons (Fsp3) is 0.667. The number of nitrogens with zero attached hydrogens (tertiary/aromatic N) is 2. The van der Waals surface area contributed by atoms with Gasteiger partial charge in [0.05, 0.1) is 12.1 Å². The molecule has 2 atom stereocenters. The second kappa shape index (κ2) is 5.08. The van der Waals surface area contributed by atoms with Gasteiger partial charge < -0.3 is 10.0 Å². The summed E-state index contributed by atoms with van der Waals surface area (Å²) in [7, 11) is 0. The number of rotatable bonds is 3. The molecule has 1 aromatic heterocycles. The minimum atomic E-state index is -0.790. The Hall–Kier alpha value is -1.89. The van der Waals surface area contributed by atoms with E-state index in [-0.39, 0.29) is 18.4 Å². The van der Waals surface area contributed by atoms with Crippen molar-refractivity contribution in [2.45, 2.75) is 38.8 Å². The second-order valence-electron chi connectivity index (χ2n) is 6.64. The summed E-state index contributed by atoms with van der Waals surface area (Å²) < 4.78 is 1.21. The van der Waals surface area contributed by atoms with Crippen LogP contribution >= 0.6 is 0 Å². The van der Waals surface area contributed by atoms with Crippen LogP contribution in [0.1, 0.15) is 25.3 Å². The number of carbonyl (C=O) groups excluding carboxylic acids is 1. The number of carbonyl (C=O) groups is 1. The summed E-state index contributed by atoms with van der Waals surface area (Å²) >= 11 is 0. The highest BCUT2D eigenvalue weighted by Crippen LogP contribution is 2.46.